The molecule has 2 fully saturated rings. The topological polar surface area (TPSA) is 18.5 Å². The molecule has 0 amide bonds. The standard InChI is InChI=1S/C15H31N3/c1-5-16-14-13(7-8-15(14,2)3)18-10-6-9-17(4)11-12-18/h13-14,16H,5-12H2,1-4H3. The summed E-state index contributed by atoms with van der Waals surface area (Å²) in [5.41, 5.74) is 0.457. The van der Waals surface area contributed by atoms with Crippen molar-refractivity contribution in [3.8, 4) is 0 Å². The quantitative estimate of drug-likeness (QED) is 0.827. The highest BCUT2D eigenvalue weighted by Crippen LogP contribution is 2.40. The minimum Gasteiger partial charge on any atom is -0.312 e. The van der Waals surface area contributed by atoms with E-state index in [9.17, 15) is 0 Å². The van der Waals surface area contributed by atoms with Gasteiger partial charge in [-0.15, -0.1) is 0 Å². The molecule has 1 saturated carbocycles. The summed E-state index contributed by atoms with van der Waals surface area (Å²) in [6, 6.07) is 1.43. The van der Waals surface area contributed by atoms with Gasteiger partial charge in [0.25, 0.3) is 0 Å². The predicted molar refractivity (Wildman–Crippen MR) is 78.0 cm³/mol. The van der Waals surface area contributed by atoms with Crippen molar-refractivity contribution in [3.63, 3.8) is 0 Å². The Morgan fingerprint density at radius 3 is 2.67 bits per heavy atom. The van der Waals surface area contributed by atoms with Crippen molar-refractivity contribution in [2.24, 2.45) is 5.41 Å². The Hall–Kier alpha value is -0.120. The molecule has 0 aromatic rings. The first-order chi connectivity index (χ1) is 8.54. The lowest BCUT2D eigenvalue weighted by Gasteiger charge is -2.37. The SMILES string of the molecule is CCNC1C(N2CCCN(C)CC2)CCC1(C)C. The Morgan fingerprint density at radius 1 is 1.17 bits per heavy atom. The van der Waals surface area contributed by atoms with E-state index in [1.165, 1.54) is 45.4 Å². The molecule has 18 heavy (non-hydrogen) atoms. The fourth-order valence-electron chi connectivity index (χ4n) is 3.79. The molecule has 2 aliphatic rings. The Bertz CT molecular complexity index is 264. The molecule has 1 saturated heterocycles. The van der Waals surface area contributed by atoms with Crippen LogP contribution in [0, 0.1) is 5.41 Å². The van der Waals surface area contributed by atoms with Crippen LogP contribution in [-0.4, -0.2) is 61.7 Å². The van der Waals surface area contributed by atoms with E-state index in [-0.39, 0.29) is 0 Å². The van der Waals surface area contributed by atoms with Gasteiger partial charge in [0, 0.05) is 25.2 Å². The average Bonchev–Trinajstić information content (AvgIpc) is 2.51. The van der Waals surface area contributed by atoms with Crippen LogP contribution < -0.4 is 5.32 Å². The Morgan fingerprint density at radius 2 is 1.94 bits per heavy atom. The molecule has 0 aromatic carbocycles. The number of likely N-dealkylation sites (N-methyl/N-ethyl adjacent to an activating group) is 2. The third-order valence-electron chi connectivity index (χ3n) is 4.96. The average molecular weight is 253 g/mol. The Balaban J connectivity index is 2.02. The maximum Gasteiger partial charge on any atom is 0.0274 e. The van der Waals surface area contributed by atoms with E-state index in [1.54, 1.807) is 0 Å². The zero-order chi connectivity index (χ0) is 13.2. The highest BCUT2D eigenvalue weighted by molar-refractivity contribution is 5.01. The van der Waals surface area contributed by atoms with Gasteiger partial charge >= 0.3 is 0 Å². The second kappa shape index (κ2) is 5.89. The summed E-state index contributed by atoms with van der Waals surface area (Å²) in [6.45, 7) is 13.2. The van der Waals surface area contributed by atoms with E-state index in [1.807, 2.05) is 0 Å². The van der Waals surface area contributed by atoms with Crippen molar-refractivity contribution in [3.05, 3.63) is 0 Å². The lowest BCUT2D eigenvalue weighted by atomic mass is 9.86. The number of nitrogens with zero attached hydrogens (tertiary/aromatic N) is 2. The molecule has 0 radical (unpaired) electrons. The maximum atomic E-state index is 3.76. The first-order valence-corrected chi connectivity index (χ1v) is 7.70. The van der Waals surface area contributed by atoms with E-state index in [4.69, 9.17) is 0 Å². The van der Waals surface area contributed by atoms with Crippen molar-refractivity contribution in [2.75, 3.05) is 39.8 Å². The summed E-state index contributed by atoms with van der Waals surface area (Å²) in [5, 5.41) is 3.76. The summed E-state index contributed by atoms with van der Waals surface area (Å²) in [7, 11) is 2.25. The summed E-state index contributed by atoms with van der Waals surface area (Å²) in [4.78, 5) is 5.23. The van der Waals surface area contributed by atoms with Crippen LogP contribution in [0.2, 0.25) is 0 Å². The molecule has 1 heterocycles. The van der Waals surface area contributed by atoms with Crippen LogP contribution in [0.25, 0.3) is 0 Å². The van der Waals surface area contributed by atoms with Crippen LogP contribution in [0.3, 0.4) is 0 Å². The van der Waals surface area contributed by atoms with Gasteiger partial charge in [0.1, 0.15) is 0 Å². The third-order valence-corrected chi connectivity index (χ3v) is 4.96. The molecule has 3 nitrogen and oxygen atoms in total. The molecule has 2 rings (SSSR count). The van der Waals surface area contributed by atoms with Crippen molar-refractivity contribution >= 4 is 0 Å². The van der Waals surface area contributed by atoms with Crippen molar-refractivity contribution in [1.82, 2.24) is 15.1 Å². The fourth-order valence-corrected chi connectivity index (χ4v) is 3.79. The van der Waals surface area contributed by atoms with E-state index in [2.05, 4.69) is 42.9 Å². The highest BCUT2D eigenvalue weighted by Gasteiger charge is 2.43. The number of rotatable bonds is 3. The summed E-state index contributed by atoms with van der Waals surface area (Å²) in [5.74, 6) is 0. The van der Waals surface area contributed by atoms with Gasteiger partial charge in [0.15, 0.2) is 0 Å². The lowest BCUT2D eigenvalue weighted by molar-refractivity contribution is 0.149. The van der Waals surface area contributed by atoms with E-state index >= 15 is 0 Å². The van der Waals surface area contributed by atoms with Gasteiger partial charge in [-0.2, -0.15) is 0 Å². The van der Waals surface area contributed by atoms with Gasteiger partial charge in [0.05, 0.1) is 0 Å². The molecule has 1 aliphatic carbocycles. The van der Waals surface area contributed by atoms with Gasteiger partial charge in [-0.3, -0.25) is 4.90 Å². The van der Waals surface area contributed by atoms with Crippen LogP contribution in [0.5, 0.6) is 0 Å². The van der Waals surface area contributed by atoms with Crippen LogP contribution >= 0.6 is 0 Å². The van der Waals surface area contributed by atoms with Gasteiger partial charge in [-0.1, -0.05) is 20.8 Å². The van der Waals surface area contributed by atoms with Crippen LogP contribution in [0.15, 0.2) is 0 Å². The molecule has 0 bridgehead atoms. The van der Waals surface area contributed by atoms with Gasteiger partial charge in [-0.05, 0) is 51.4 Å². The van der Waals surface area contributed by atoms with E-state index in [0.717, 1.165) is 12.6 Å². The Kier molecular flexibility index (Phi) is 4.68. The van der Waals surface area contributed by atoms with Gasteiger partial charge < -0.3 is 10.2 Å². The number of hydrogen-bond acceptors (Lipinski definition) is 3. The second-order valence-electron chi connectivity index (χ2n) is 6.82. The second-order valence-corrected chi connectivity index (χ2v) is 6.82. The molecule has 1 aliphatic heterocycles. The van der Waals surface area contributed by atoms with Crippen LogP contribution in [-0.2, 0) is 0 Å². The summed E-state index contributed by atoms with van der Waals surface area (Å²) in [6.07, 6.45) is 4.06. The molecule has 106 valence electrons. The van der Waals surface area contributed by atoms with Crippen molar-refractivity contribution in [2.45, 2.75) is 52.1 Å². The third kappa shape index (κ3) is 3.06. The molecule has 0 spiro atoms. The molecule has 0 aromatic heterocycles. The molecule has 2 atom stereocenters. The van der Waals surface area contributed by atoms with Crippen LogP contribution in [0.1, 0.15) is 40.0 Å². The van der Waals surface area contributed by atoms with Crippen molar-refractivity contribution < 1.29 is 0 Å². The van der Waals surface area contributed by atoms with Gasteiger partial charge in [0.2, 0.25) is 0 Å². The molecule has 1 N–H and O–H groups in total. The number of hydrogen-bond donors (Lipinski definition) is 1. The first kappa shape index (κ1) is 14.3. The van der Waals surface area contributed by atoms with E-state index in [0.29, 0.717) is 11.5 Å². The molecular weight excluding hydrogens is 222 g/mol. The largest absolute Gasteiger partial charge is 0.312 e. The fraction of sp³-hybridized carbons (Fsp3) is 1.00. The zero-order valence-corrected chi connectivity index (χ0v) is 12.7. The zero-order valence-electron chi connectivity index (χ0n) is 12.7. The Labute approximate surface area is 113 Å². The first-order valence-electron chi connectivity index (χ1n) is 7.70. The molecule has 3 heteroatoms. The highest BCUT2D eigenvalue weighted by atomic mass is 15.2. The molecular formula is C15H31N3. The van der Waals surface area contributed by atoms with Crippen LogP contribution in [0.4, 0.5) is 0 Å². The van der Waals surface area contributed by atoms with Crippen molar-refractivity contribution in [1.29, 1.82) is 0 Å². The van der Waals surface area contributed by atoms with Gasteiger partial charge in [-0.25, -0.2) is 0 Å². The minimum atomic E-state index is 0.457. The lowest BCUT2D eigenvalue weighted by Crippen LogP contribution is -2.52. The number of nitrogens with one attached hydrogen (secondary N) is 1. The maximum absolute atomic E-state index is 3.76. The monoisotopic (exact) mass is 253 g/mol. The molecule has 2 unspecified atom stereocenters. The summed E-state index contributed by atoms with van der Waals surface area (Å²) >= 11 is 0. The summed E-state index contributed by atoms with van der Waals surface area (Å²) < 4.78 is 0. The minimum absolute atomic E-state index is 0.457. The predicted octanol–water partition coefficient (Wildman–Crippen LogP) is 1.79. The smallest absolute Gasteiger partial charge is 0.0274 e. The van der Waals surface area contributed by atoms with E-state index < -0.39 is 0 Å². The normalized spacial score (nSPS) is 34.7.